The molecule has 3 aliphatic rings. The average Bonchev–Trinajstić information content (AvgIpc) is 3.57. The number of piperidine rings is 1. The van der Waals surface area contributed by atoms with Crippen molar-refractivity contribution in [2.24, 2.45) is 17.2 Å². The van der Waals surface area contributed by atoms with Crippen LogP contribution in [0.25, 0.3) is 0 Å². The van der Waals surface area contributed by atoms with E-state index in [9.17, 15) is 28.8 Å². The smallest absolute Gasteiger partial charge is 0.254 e. The SMILES string of the molecule is Cc1cc(C(N)=O)ccc1C(=O)N1CCCCC1.NC(=O)c1ccc(C(=O)N2CCCC2)cc1.NC(=O)c1ccc(C(=O)N2CCCCCC2)cc1. The van der Waals surface area contributed by atoms with Gasteiger partial charge in [0.15, 0.2) is 0 Å². The minimum atomic E-state index is -0.472. The Balaban J connectivity index is 0.000000175. The van der Waals surface area contributed by atoms with Crippen LogP contribution in [0.5, 0.6) is 0 Å². The summed E-state index contributed by atoms with van der Waals surface area (Å²) in [5.41, 5.74) is 19.5. The number of nitrogens with zero attached hydrogens (tertiary/aromatic N) is 3. The summed E-state index contributed by atoms with van der Waals surface area (Å²) >= 11 is 0. The maximum absolute atomic E-state index is 12.3. The van der Waals surface area contributed by atoms with Gasteiger partial charge >= 0.3 is 0 Å². The molecule has 0 bridgehead atoms. The fraction of sp³-hybridized carbons (Fsp3) is 0.400. The molecule has 6 rings (SSSR count). The van der Waals surface area contributed by atoms with E-state index in [0.717, 1.165) is 83.4 Å². The van der Waals surface area contributed by atoms with E-state index >= 15 is 0 Å². The van der Waals surface area contributed by atoms with Gasteiger partial charge in [0, 0.05) is 72.6 Å². The van der Waals surface area contributed by atoms with Crippen LogP contribution in [0.3, 0.4) is 0 Å². The zero-order chi connectivity index (χ0) is 37.6. The number of carbonyl (C=O) groups excluding carboxylic acids is 6. The molecule has 6 amide bonds. The van der Waals surface area contributed by atoms with Crippen LogP contribution in [-0.2, 0) is 0 Å². The lowest BCUT2D eigenvalue weighted by Gasteiger charge is -2.27. The number of benzene rings is 3. The van der Waals surface area contributed by atoms with Crippen molar-refractivity contribution in [2.45, 2.75) is 64.7 Å². The first kappa shape index (κ1) is 39.3. The highest BCUT2D eigenvalue weighted by atomic mass is 16.2. The predicted molar refractivity (Wildman–Crippen MR) is 199 cm³/mol. The first-order valence-electron chi connectivity index (χ1n) is 18.0. The third-order valence-electron chi connectivity index (χ3n) is 9.50. The number of primary amides is 3. The summed E-state index contributed by atoms with van der Waals surface area (Å²) in [6.07, 6.45) is 10.0. The highest BCUT2D eigenvalue weighted by Crippen LogP contribution is 2.18. The van der Waals surface area contributed by atoms with Gasteiger partial charge in [0.25, 0.3) is 17.7 Å². The Morgan fingerprint density at radius 1 is 0.404 bits per heavy atom. The molecule has 52 heavy (non-hydrogen) atoms. The van der Waals surface area contributed by atoms with Crippen molar-refractivity contribution in [2.75, 3.05) is 39.3 Å². The number of aryl methyl sites for hydroxylation is 1. The van der Waals surface area contributed by atoms with E-state index < -0.39 is 17.7 Å². The van der Waals surface area contributed by atoms with Gasteiger partial charge in [-0.25, -0.2) is 0 Å². The van der Waals surface area contributed by atoms with Crippen LogP contribution < -0.4 is 17.2 Å². The van der Waals surface area contributed by atoms with Crippen LogP contribution in [0.4, 0.5) is 0 Å². The molecule has 3 aromatic rings. The molecule has 3 aromatic carbocycles. The molecule has 0 aliphatic carbocycles. The van der Waals surface area contributed by atoms with Crippen molar-refractivity contribution in [1.82, 2.24) is 14.7 Å². The minimum absolute atomic E-state index is 0.0357. The molecule has 3 aliphatic heterocycles. The van der Waals surface area contributed by atoms with Gasteiger partial charge in [0.1, 0.15) is 0 Å². The quantitative estimate of drug-likeness (QED) is 0.336. The number of hydrogen-bond acceptors (Lipinski definition) is 6. The lowest BCUT2D eigenvalue weighted by Crippen LogP contribution is -2.36. The van der Waals surface area contributed by atoms with Gasteiger partial charge in [-0.3, -0.25) is 28.8 Å². The molecule has 0 spiro atoms. The molecule has 0 atom stereocenters. The van der Waals surface area contributed by atoms with E-state index in [1.54, 1.807) is 66.7 Å². The summed E-state index contributed by atoms with van der Waals surface area (Å²) in [6.45, 7) is 6.81. The number of nitrogens with two attached hydrogens (primary N) is 3. The fourth-order valence-electron chi connectivity index (χ4n) is 6.44. The third-order valence-corrected chi connectivity index (χ3v) is 9.50. The average molecular weight is 711 g/mol. The Morgan fingerprint density at radius 2 is 0.692 bits per heavy atom. The lowest BCUT2D eigenvalue weighted by atomic mass is 10.0. The van der Waals surface area contributed by atoms with Crippen molar-refractivity contribution in [3.63, 3.8) is 0 Å². The third kappa shape index (κ3) is 11.0. The van der Waals surface area contributed by atoms with Gasteiger partial charge in [0.05, 0.1) is 0 Å². The molecular weight excluding hydrogens is 660 g/mol. The van der Waals surface area contributed by atoms with Crippen molar-refractivity contribution in [3.8, 4) is 0 Å². The highest BCUT2D eigenvalue weighted by Gasteiger charge is 2.21. The van der Waals surface area contributed by atoms with E-state index in [1.165, 1.54) is 19.3 Å². The molecule has 12 heteroatoms. The Bertz CT molecular complexity index is 1720. The summed E-state index contributed by atoms with van der Waals surface area (Å²) < 4.78 is 0. The summed E-state index contributed by atoms with van der Waals surface area (Å²) in [6, 6.07) is 18.0. The Labute approximate surface area is 305 Å². The van der Waals surface area contributed by atoms with E-state index in [4.69, 9.17) is 17.2 Å². The topological polar surface area (TPSA) is 190 Å². The van der Waals surface area contributed by atoms with Gasteiger partial charge in [0.2, 0.25) is 17.7 Å². The van der Waals surface area contributed by atoms with E-state index in [0.29, 0.717) is 33.4 Å². The molecule has 0 aromatic heterocycles. The Kier molecular flexibility index (Phi) is 14.5. The minimum Gasteiger partial charge on any atom is -0.366 e. The number of likely N-dealkylation sites (tertiary alicyclic amines) is 3. The Morgan fingerprint density at radius 3 is 1.04 bits per heavy atom. The van der Waals surface area contributed by atoms with Crippen LogP contribution in [0, 0.1) is 6.92 Å². The van der Waals surface area contributed by atoms with Crippen molar-refractivity contribution >= 4 is 35.4 Å². The van der Waals surface area contributed by atoms with Crippen LogP contribution in [0.2, 0.25) is 0 Å². The summed E-state index contributed by atoms with van der Waals surface area (Å²) in [5.74, 6) is -1.26. The highest BCUT2D eigenvalue weighted by molar-refractivity contribution is 5.99. The molecule has 6 N–H and O–H groups in total. The van der Waals surface area contributed by atoms with Crippen molar-refractivity contribution in [1.29, 1.82) is 0 Å². The lowest BCUT2D eigenvalue weighted by molar-refractivity contribution is 0.0721. The zero-order valence-corrected chi connectivity index (χ0v) is 30.0. The monoisotopic (exact) mass is 710 g/mol. The molecular formula is C40H50N6O6. The number of amides is 6. The predicted octanol–water partition coefficient (Wildman–Crippen LogP) is 4.54. The fourth-order valence-corrected chi connectivity index (χ4v) is 6.44. The van der Waals surface area contributed by atoms with Crippen molar-refractivity contribution < 1.29 is 28.8 Å². The molecule has 0 unspecified atom stereocenters. The largest absolute Gasteiger partial charge is 0.366 e. The standard InChI is InChI=1S/2C14H18N2O2.C12H14N2O2/c1-10-9-11(13(15)17)5-6-12(10)14(18)16-7-3-2-4-8-16;15-13(17)11-5-7-12(8-6-11)14(18)16-9-3-1-2-4-10-16;13-11(15)9-3-5-10(6-4-9)12(16)14-7-1-2-8-14/h5-6,9H,2-4,7-8H2,1H3,(H2,15,17);5-8H,1-4,9-10H2,(H2,15,17);3-6H,1-2,7-8H2,(H2,13,15). The molecule has 0 radical (unpaired) electrons. The summed E-state index contributed by atoms with van der Waals surface area (Å²) in [7, 11) is 0. The second-order valence-electron chi connectivity index (χ2n) is 13.3. The number of rotatable bonds is 6. The van der Waals surface area contributed by atoms with Crippen molar-refractivity contribution in [3.05, 3.63) is 106 Å². The van der Waals surface area contributed by atoms with Gasteiger partial charge in [-0.05, 0) is 124 Å². The van der Waals surface area contributed by atoms with Crippen LogP contribution in [-0.4, -0.2) is 89.4 Å². The van der Waals surface area contributed by atoms with Gasteiger partial charge in [-0.1, -0.05) is 12.8 Å². The van der Waals surface area contributed by atoms with Gasteiger partial charge < -0.3 is 31.9 Å². The van der Waals surface area contributed by atoms with Gasteiger partial charge in [-0.15, -0.1) is 0 Å². The second kappa shape index (κ2) is 19.2. The molecule has 0 saturated carbocycles. The van der Waals surface area contributed by atoms with E-state index in [-0.39, 0.29) is 17.7 Å². The van der Waals surface area contributed by atoms with E-state index in [1.807, 2.05) is 21.6 Å². The van der Waals surface area contributed by atoms with Crippen LogP contribution >= 0.6 is 0 Å². The molecule has 276 valence electrons. The second-order valence-corrected chi connectivity index (χ2v) is 13.3. The van der Waals surface area contributed by atoms with E-state index in [2.05, 4.69) is 0 Å². The maximum Gasteiger partial charge on any atom is 0.254 e. The summed E-state index contributed by atoms with van der Waals surface area (Å²) in [5, 5.41) is 0. The zero-order valence-electron chi connectivity index (χ0n) is 30.0. The first-order valence-corrected chi connectivity index (χ1v) is 18.0. The molecule has 3 fully saturated rings. The molecule has 3 heterocycles. The maximum atomic E-state index is 12.3. The number of carbonyl (C=O) groups is 6. The molecule has 3 saturated heterocycles. The normalized spacial score (nSPS) is 15.6. The Hall–Kier alpha value is -5.52. The van der Waals surface area contributed by atoms with Crippen LogP contribution in [0.15, 0.2) is 66.7 Å². The molecule has 12 nitrogen and oxygen atoms in total. The number of hydrogen-bond donors (Lipinski definition) is 3. The van der Waals surface area contributed by atoms with Gasteiger partial charge in [-0.2, -0.15) is 0 Å². The van der Waals surface area contributed by atoms with Crippen LogP contribution in [0.1, 0.15) is 125 Å². The first-order chi connectivity index (χ1) is 25.0. The summed E-state index contributed by atoms with van der Waals surface area (Å²) in [4.78, 5) is 75.0.